The van der Waals surface area contributed by atoms with Crippen LogP contribution >= 0.6 is 11.3 Å². The van der Waals surface area contributed by atoms with Crippen LogP contribution in [0, 0.1) is 0 Å². The van der Waals surface area contributed by atoms with Crippen molar-refractivity contribution in [3.63, 3.8) is 0 Å². The highest BCUT2D eigenvalue weighted by Gasteiger charge is 2.27. The van der Waals surface area contributed by atoms with Crippen molar-refractivity contribution in [1.29, 1.82) is 0 Å². The van der Waals surface area contributed by atoms with Gasteiger partial charge in [-0.05, 0) is 18.6 Å². The first-order valence-electron chi connectivity index (χ1n) is 8.03. The molecule has 0 bridgehead atoms. The van der Waals surface area contributed by atoms with Crippen LogP contribution in [0.3, 0.4) is 0 Å². The zero-order chi connectivity index (χ0) is 17.8. The van der Waals surface area contributed by atoms with Gasteiger partial charge in [0, 0.05) is 61.2 Å². The summed E-state index contributed by atoms with van der Waals surface area (Å²) >= 11 is 1.46. The fourth-order valence-corrected chi connectivity index (χ4v) is 3.36. The van der Waals surface area contributed by atoms with Gasteiger partial charge in [0.1, 0.15) is 0 Å². The van der Waals surface area contributed by atoms with Crippen molar-refractivity contribution >= 4 is 28.3 Å². The predicted octanol–water partition coefficient (Wildman–Crippen LogP) is 2.27. The van der Waals surface area contributed by atoms with Gasteiger partial charge in [-0.15, -0.1) is 11.3 Å². The van der Waals surface area contributed by atoms with Crippen molar-refractivity contribution in [1.82, 2.24) is 20.1 Å². The van der Waals surface area contributed by atoms with E-state index in [0.717, 1.165) is 41.1 Å². The van der Waals surface area contributed by atoms with Crippen molar-refractivity contribution in [3.8, 4) is 0 Å². The molecule has 1 aliphatic heterocycles. The first-order chi connectivity index (χ1) is 12.1. The van der Waals surface area contributed by atoms with E-state index in [1.807, 2.05) is 23.3 Å². The Balaban J connectivity index is 1.82. The second-order valence-corrected chi connectivity index (χ2v) is 6.77. The molecule has 3 heterocycles. The third kappa shape index (κ3) is 3.87. The van der Waals surface area contributed by atoms with Crippen LogP contribution < -0.4 is 5.32 Å². The molecule has 2 aromatic heterocycles. The fraction of sp³-hybridized carbons (Fsp3) is 0.353. The number of rotatable bonds is 6. The summed E-state index contributed by atoms with van der Waals surface area (Å²) in [7, 11) is 1.73. The number of hydrogen-bond donors (Lipinski definition) is 3. The summed E-state index contributed by atoms with van der Waals surface area (Å²) in [5.41, 5.74) is 4.94. The number of aliphatic imine (C=N–C) groups is 1. The Kier molecular flexibility index (Phi) is 5.42. The highest BCUT2D eigenvalue weighted by Crippen LogP contribution is 2.29. The molecule has 0 radical (unpaired) electrons. The average molecular weight is 358 g/mol. The van der Waals surface area contributed by atoms with Crippen LogP contribution in [0.5, 0.6) is 0 Å². The molecule has 1 aliphatic rings. The Morgan fingerprint density at radius 1 is 1.60 bits per heavy atom. The SMILES string of the molecule is C=C(C)/C(=C\C=NC)c1n[nH]c2c1CN(C(O)Nc1nccs1)CC2. The molecule has 8 heteroatoms. The van der Waals surface area contributed by atoms with Crippen LogP contribution in [0.4, 0.5) is 5.13 Å². The highest BCUT2D eigenvalue weighted by atomic mass is 32.1. The minimum absolute atomic E-state index is 0.592. The number of nitrogens with one attached hydrogen (secondary N) is 2. The number of hydrogen-bond acceptors (Lipinski definition) is 7. The third-order valence-electron chi connectivity index (χ3n) is 4.10. The van der Waals surface area contributed by atoms with E-state index in [4.69, 9.17) is 0 Å². The molecule has 1 atom stereocenters. The molecule has 7 nitrogen and oxygen atoms in total. The molecule has 132 valence electrons. The van der Waals surface area contributed by atoms with Gasteiger partial charge < -0.3 is 10.4 Å². The van der Waals surface area contributed by atoms with Crippen LogP contribution in [0.1, 0.15) is 23.9 Å². The van der Waals surface area contributed by atoms with Crippen molar-refractivity contribution in [2.75, 3.05) is 18.9 Å². The quantitative estimate of drug-likeness (QED) is 0.419. The number of aromatic nitrogens is 3. The molecule has 0 aromatic carbocycles. The number of anilines is 1. The van der Waals surface area contributed by atoms with Gasteiger partial charge in [0.25, 0.3) is 0 Å². The molecule has 3 N–H and O–H groups in total. The van der Waals surface area contributed by atoms with E-state index >= 15 is 0 Å². The third-order valence-corrected chi connectivity index (χ3v) is 4.80. The summed E-state index contributed by atoms with van der Waals surface area (Å²) in [5, 5.41) is 23.7. The Morgan fingerprint density at radius 2 is 2.44 bits per heavy atom. The second-order valence-electron chi connectivity index (χ2n) is 5.87. The second kappa shape index (κ2) is 7.73. The summed E-state index contributed by atoms with van der Waals surface area (Å²) in [6, 6.07) is 0. The van der Waals surface area contributed by atoms with Crippen LogP contribution in [0.15, 0.2) is 34.8 Å². The van der Waals surface area contributed by atoms with E-state index in [1.165, 1.54) is 11.3 Å². The molecule has 1 unspecified atom stereocenters. The maximum atomic E-state index is 10.5. The summed E-state index contributed by atoms with van der Waals surface area (Å²) < 4.78 is 0. The van der Waals surface area contributed by atoms with Gasteiger partial charge in [0.2, 0.25) is 0 Å². The first-order valence-corrected chi connectivity index (χ1v) is 8.91. The monoisotopic (exact) mass is 358 g/mol. The average Bonchev–Trinajstić information content (AvgIpc) is 3.24. The molecule has 2 aromatic rings. The maximum absolute atomic E-state index is 10.5. The van der Waals surface area contributed by atoms with E-state index in [0.29, 0.717) is 11.7 Å². The Hall–Kier alpha value is -2.29. The minimum Gasteiger partial charge on any atom is -0.361 e. The Bertz CT molecular complexity index is 792. The molecule has 0 saturated heterocycles. The van der Waals surface area contributed by atoms with Crippen LogP contribution in [0.2, 0.25) is 0 Å². The van der Waals surface area contributed by atoms with E-state index in [2.05, 4.69) is 32.1 Å². The Morgan fingerprint density at radius 3 is 3.12 bits per heavy atom. The van der Waals surface area contributed by atoms with Crippen LogP contribution in [-0.4, -0.2) is 51.3 Å². The predicted molar refractivity (Wildman–Crippen MR) is 102 cm³/mol. The number of nitrogens with zero attached hydrogens (tertiary/aromatic N) is 4. The van der Waals surface area contributed by atoms with E-state index in [1.54, 1.807) is 19.5 Å². The molecule has 0 aliphatic carbocycles. The van der Waals surface area contributed by atoms with Crippen molar-refractivity contribution in [2.24, 2.45) is 4.99 Å². The lowest BCUT2D eigenvalue weighted by Crippen LogP contribution is -2.43. The maximum Gasteiger partial charge on any atom is 0.186 e. The van der Waals surface area contributed by atoms with Gasteiger partial charge in [-0.2, -0.15) is 5.10 Å². The van der Waals surface area contributed by atoms with Crippen LogP contribution in [0.25, 0.3) is 5.57 Å². The van der Waals surface area contributed by atoms with Gasteiger partial charge in [-0.1, -0.05) is 6.58 Å². The lowest BCUT2D eigenvalue weighted by molar-refractivity contribution is 0.0162. The zero-order valence-corrected chi connectivity index (χ0v) is 15.2. The summed E-state index contributed by atoms with van der Waals surface area (Å²) in [5.74, 6) is 0. The van der Waals surface area contributed by atoms with Gasteiger partial charge >= 0.3 is 0 Å². The highest BCUT2D eigenvalue weighted by molar-refractivity contribution is 7.13. The van der Waals surface area contributed by atoms with E-state index < -0.39 is 6.35 Å². The van der Waals surface area contributed by atoms with Gasteiger partial charge in [0.05, 0.1) is 5.69 Å². The summed E-state index contributed by atoms with van der Waals surface area (Å²) in [6.07, 6.45) is 5.37. The van der Waals surface area contributed by atoms with Gasteiger partial charge in [-0.25, -0.2) is 4.98 Å². The van der Waals surface area contributed by atoms with Crippen LogP contribution in [-0.2, 0) is 13.0 Å². The molecule has 0 amide bonds. The lowest BCUT2D eigenvalue weighted by atomic mass is 9.97. The topological polar surface area (TPSA) is 89.4 Å². The molecule has 0 fully saturated rings. The standard InChI is InChI=1S/C17H22N6OS/c1-11(2)12(4-6-18-3)15-13-10-23(8-5-14(13)21-22-15)17(24)20-16-19-7-9-25-16/h4,6-7,9,17,24H,1,5,8,10H2,2-3H3,(H,19,20)(H,21,22)/b12-4+,18-6?. The van der Waals surface area contributed by atoms with Gasteiger partial charge in [0.15, 0.2) is 11.5 Å². The smallest absolute Gasteiger partial charge is 0.186 e. The molecule has 0 saturated carbocycles. The fourth-order valence-electron chi connectivity index (χ4n) is 2.82. The molecule has 0 spiro atoms. The van der Waals surface area contributed by atoms with Crippen molar-refractivity contribution < 1.29 is 5.11 Å². The molecule has 25 heavy (non-hydrogen) atoms. The van der Waals surface area contributed by atoms with Crippen molar-refractivity contribution in [2.45, 2.75) is 26.2 Å². The molecular formula is C17H22N6OS. The first kappa shape index (κ1) is 17.5. The Labute approximate surface area is 150 Å². The van der Waals surface area contributed by atoms with Gasteiger partial charge in [-0.3, -0.25) is 15.0 Å². The summed E-state index contributed by atoms with van der Waals surface area (Å²) in [4.78, 5) is 10.1. The van der Waals surface area contributed by atoms with Crippen molar-refractivity contribution in [3.05, 3.63) is 46.8 Å². The number of H-pyrrole nitrogens is 1. The van der Waals surface area contributed by atoms with E-state index in [9.17, 15) is 5.11 Å². The zero-order valence-electron chi connectivity index (χ0n) is 14.4. The normalized spacial score (nSPS) is 16.8. The number of fused-ring (bicyclic) bond motifs is 1. The number of aliphatic hydroxyl groups excluding tert-OH is 1. The molecule has 3 rings (SSSR count). The largest absolute Gasteiger partial charge is 0.361 e. The summed E-state index contributed by atoms with van der Waals surface area (Å²) in [6.45, 7) is 7.33. The molecular weight excluding hydrogens is 336 g/mol. The number of aliphatic hydroxyl groups is 1. The lowest BCUT2D eigenvalue weighted by Gasteiger charge is -2.31. The van der Waals surface area contributed by atoms with E-state index in [-0.39, 0.29) is 0 Å². The number of aromatic amines is 1. The number of allylic oxidation sites excluding steroid dienone is 3. The minimum atomic E-state index is -0.795. The number of thiazole rings is 1.